The summed E-state index contributed by atoms with van der Waals surface area (Å²) in [5.41, 5.74) is 2.94. The summed E-state index contributed by atoms with van der Waals surface area (Å²) in [7, 11) is 4.12. The van der Waals surface area contributed by atoms with E-state index in [1.165, 1.54) is 6.07 Å². The van der Waals surface area contributed by atoms with Gasteiger partial charge in [-0.05, 0) is 50.2 Å². The SMILES string of the molecule is CCCCOc1ccc(F)c2c1c(CCN(C)C)cn2Cc1ccccc1. The Kier molecular flexibility index (Phi) is 6.51. The predicted molar refractivity (Wildman–Crippen MR) is 110 cm³/mol. The first-order chi connectivity index (χ1) is 13.1. The van der Waals surface area contributed by atoms with E-state index < -0.39 is 0 Å². The molecule has 0 bridgehead atoms. The molecule has 0 spiro atoms. The van der Waals surface area contributed by atoms with E-state index in [2.05, 4.69) is 44.2 Å². The Morgan fingerprint density at radius 2 is 1.85 bits per heavy atom. The summed E-state index contributed by atoms with van der Waals surface area (Å²) in [6, 6.07) is 13.5. The minimum Gasteiger partial charge on any atom is -0.493 e. The first kappa shape index (κ1) is 19.4. The van der Waals surface area contributed by atoms with E-state index >= 15 is 0 Å². The van der Waals surface area contributed by atoms with Gasteiger partial charge in [-0.3, -0.25) is 0 Å². The highest BCUT2D eigenvalue weighted by Gasteiger charge is 2.17. The number of fused-ring (bicyclic) bond motifs is 1. The zero-order valence-corrected chi connectivity index (χ0v) is 16.5. The highest BCUT2D eigenvalue weighted by Crippen LogP contribution is 2.34. The zero-order valence-electron chi connectivity index (χ0n) is 16.5. The molecule has 0 aliphatic carbocycles. The topological polar surface area (TPSA) is 17.4 Å². The number of unbranched alkanes of at least 4 members (excludes halogenated alkanes) is 1. The van der Waals surface area contributed by atoms with E-state index in [1.807, 2.05) is 22.8 Å². The number of aromatic nitrogens is 1. The summed E-state index contributed by atoms with van der Waals surface area (Å²) in [5, 5.41) is 0.920. The molecule has 144 valence electrons. The van der Waals surface area contributed by atoms with Gasteiger partial charge in [-0.2, -0.15) is 0 Å². The minimum absolute atomic E-state index is 0.195. The Balaban J connectivity index is 2.05. The van der Waals surface area contributed by atoms with Gasteiger partial charge in [-0.15, -0.1) is 0 Å². The van der Waals surface area contributed by atoms with Gasteiger partial charge < -0.3 is 14.2 Å². The maximum Gasteiger partial charge on any atom is 0.147 e. The van der Waals surface area contributed by atoms with E-state index in [0.717, 1.165) is 48.1 Å². The number of benzene rings is 2. The molecule has 0 radical (unpaired) electrons. The highest BCUT2D eigenvalue weighted by molar-refractivity contribution is 5.90. The van der Waals surface area contributed by atoms with Crippen LogP contribution in [0.5, 0.6) is 5.75 Å². The molecule has 27 heavy (non-hydrogen) atoms. The second kappa shape index (κ2) is 9.05. The van der Waals surface area contributed by atoms with Crippen LogP contribution in [0.4, 0.5) is 4.39 Å². The van der Waals surface area contributed by atoms with Crippen molar-refractivity contribution in [1.82, 2.24) is 9.47 Å². The highest BCUT2D eigenvalue weighted by atomic mass is 19.1. The van der Waals surface area contributed by atoms with Crippen LogP contribution in [0.15, 0.2) is 48.7 Å². The van der Waals surface area contributed by atoms with Crippen LogP contribution >= 0.6 is 0 Å². The molecule has 0 unspecified atom stereocenters. The lowest BCUT2D eigenvalue weighted by atomic mass is 10.1. The molecular formula is C23H29FN2O. The molecule has 3 rings (SSSR count). The number of ether oxygens (including phenoxy) is 1. The average molecular weight is 368 g/mol. The normalized spacial score (nSPS) is 11.4. The minimum atomic E-state index is -0.195. The van der Waals surface area contributed by atoms with Gasteiger partial charge in [0.25, 0.3) is 0 Å². The summed E-state index contributed by atoms with van der Waals surface area (Å²) in [6.45, 7) is 4.36. The summed E-state index contributed by atoms with van der Waals surface area (Å²) < 4.78 is 22.9. The van der Waals surface area contributed by atoms with Crippen LogP contribution in [0.1, 0.15) is 30.9 Å². The number of rotatable bonds is 9. The molecule has 2 aromatic carbocycles. The van der Waals surface area contributed by atoms with Crippen molar-refractivity contribution in [3.63, 3.8) is 0 Å². The van der Waals surface area contributed by atoms with Gasteiger partial charge in [0.1, 0.15) is 11.6 Å². The van der Waals surface area contributed by atoms with Gasteiger partial charge >= 0.3 is 0 Å². The van der Waals surface area contributed by atoms with E-state index in [9.17, 15) is 4.39 Å². The Labute approximate surface area is 161 Å². The Morgan fingerprint density at radius 1 is 1.07 bits per heavy atom. The van der Waals surface area contributed by atoms with Crippen LogP contribution in [0.2, 0.25) is 0 Å². The fourth-order valence-electron chi connectivity index (χ4n) is 3.34. The molecule has 3 nitrogen and oxygen atoms in total. The molecule has 0 saturated carbocycles. The van der Waals surface area contributed by atoms with Gasteiger partial charge in [0.05, 0.1) is 12.1 Å². The van der Waals surface area contributed by atoms with Crippen LogP contribution in [-0.4, -0.2) is 36.7 Å². The van der Waals surface area contributed by atoms with Crippen molar-refractivity contribution in [3.05, 3.63) is 65.6 Å². The fraction of sp³-hybridized carbons (Fsp3) is 0.391. The number of likely N-dealkylation sites (N-methyl/N-ethyl adjacent to an activating group) is 1. The number of hydrogen-bond acceptors (Lipinski definition) is 2. The third-order valence-electron chi connectivity index (χ3n) is 4.79. The molecule has 0 amide bonds. The van der Waals surface area contributed by atoms with E-state index in [1.54, 1.807) is 6.07 Å². The molecule has 4 heteroatoms. The summed E-state index contributed by atoms with van der Waals surface area (Å²) in [6.07, 6.45) is 5.03. The fourth-order valence-corrected chi connectivity index (χ4v) is 3.34. The van der Waals surface area contributed by atoms with Crippen molar-refractivity contribution < 1.29 is 9.13 Å². The van der Waals surface area contributed by atoms with Gasteiger partial charge in [0.2, 0.25) is 0 Å². The molecular weight excluding hydrogens is 339 g/mol. The van der Waals surface area contributed by atoms with E-state index in [-0.39, 0.29) is 5.82 Å². The van der Waals surface area contributed by atoms with Crippen LogP contribution in [-0.2, 0) is 13.0 Å². The standard InChI is InChI=1S/C23H29FN2O/c1-4-5-15-27-21-12-11-20(24)23-22(21)19(13-14-25(2)3)17-26(23)16-18-9-7-6-8-10-18/h6-12,17H,4-5,13-16H2,1-3H3. The monoisotopic (exact) mass is 368 g/mol. The lowest BCUT2D eigenvalue weighted by Crippen LogP contribution is -2.15. The van der Waals surface area contributed by atoms with Crippen molar-refractivity contribution in [1.29, 1.82) is 0 Å². The lowest BCUT2D eigenvalue weighted by molar-refractivity contribution is 0.312. The van der Waals surface area contributed by atoms with Crippen LogP contribution in [0.3, 0.4) is 0 Å². The Bertz CT molecular complexity index is 871. The molecule has 0 N–H and O–H groups in total. The molecule has 0 aliphatic heterocycles. The van der Waals surface area contributed by atoms with Crippen molar-refractivity contribution in [2.75, 3.05) is 27.2 Å². The van der Waals surface area contributed by atoms with E-state index in [4.69, 9.17) is 4.74 Å². The van der Waals surface area contributed by atoms with Crippen LogP contribution in [0.25, 0.3) is 10.9 Å². The summed E-state index contributed by atoms with van der Waals surface area (Å²) in [4.78, 5) is 2.15. The third-order valence-corrected chi connectivity index (χ3v) is 4.79. The van der Waals surface area contributed by atoms with Crippen LogP contribution in [0, 0.1) is 5.82 Å². The molecule has 1 heterocycles. The van der Waals surface area contributed by atoms with Gasteiger partial charge in [-0.1, -0.05) is 43.7 Å². The lowest BCUT2D eigenvalue weighted by Gasteiger charge is -2.11. The van der Waals surface area contributed by atoms with Gasteiger partial charge in [0, 0.05) is 24.7 Å². The third kappa shape index (κ3) is 4.69. The van der Waals surface area contributed by atoms with Gasteiger partial charge in [-0.25, -0.2) is 4.39 Å². The summed E-state index contributed by atoms with van der Waals surface area (Å²) in [5.74, 6) is 0.597. The van der Waals surface area contributed by atoms with Crippen molar-refractivity contribution >= 4 is 10.9 Å². The molecule has 0 atom stereocenters. The zero-order chi connectivity index (χ0) is 19.2. The largest absolute Gasteiger partial charge is 0.493 e. The van der Waals surface area contributed by atoms with E-state index in [0.29, 0.717) is 18.7 Å². The molecule has 0 fully saturated rings. The number of hydrogen-bond donors (Lipinski definition) is 0. The second-order valence-corrected chi connectivity index (χ2v) is 7.29. The van der Waals surface area contributed by atoms with Crippen molar-refractivity contribution in [2.45, 2.75) is 32.7 Å². The molecule has 0 saturated heterocycles. The molecule has 1 aromatic heterocycles. The quantitative estimate of drug-likeness (QED) is 0.488. The second-order valence-electron chi connectivity index (χ2n) is 7.29. The molecule has 3 aromatic rings. The number of halogens is 1. The maximum absolute atomic E-state index is 14.8. The van der Waals surface area contributed by atoms with Crippen LogP contribution < -0.4 is 4.74 Å². The Morgan fingerprint density at radius 3 is 2.56 bits per heavy atom. The Hall–Kier alpha value is -2.33. The van der Waals surface area contributed by atoms with Gasteiger partial charge in [0.15, 0.2) is 0 Å². The predicted octanol–water partition coefficient (Wildman–Crippen LogP) is 5.11. The first-order valence-electron chi connectivity index (χ1n) is 9.71. The summed E-state index contributed by atoms with van der Waals surface area (Å²) >= 11 is 0. The first-order valence-corrected chi connectivity index (χ1v) is 9.71. The smallest absolute Gasteiger partial charge is 0.147 e. The average Bonchev–Trinajstić information content (AvgIpc) is 3.02. The van der Waals surface area contributed by atoms with Crippen molar-refractivity contribution in [2.24, 2.45) is 0 Å². The van der Waals surface area contributed by atoms with Crippen molar-refractivity contribution in [3.8, 4) is 5.75 Å². The molecule has 0 aliphatic rings. The maximum atomic E-state index is 14.8. The number of nitrogens with zero attached hydrogens (tertiary/aromatic N) is 2.